The number of carbonyl (C=O) groups is 1. The number of hydrogen-bond donors (Lipinski definition) is 1. The van der Waals surface area contributed by atoms with Gasteiger partial charge in [-0.3, -0.25) is 9.69 Å². The zero-order valence-corrected chi connectivity index (χ0v) is 12.9. The molecule has 1 N–H and O–H groups in total. The maximum absolute atomic E-state index is 11.6. The minimum absolute atomic E-state index is 0.130. The normalized spacial score (nSPS) is 20.0. The van der Waals surface area contributed by atoms with Crippen molar-refractivity contribution in [2.24, 2.45) is 0 Å². The van der Waals surface area contributed by atoms with Crippen LogP contribution >= 0.6 is 11.3 Å². The molecule has 2 atom stereocenters. The molecule has 21 heavy (non-hydrogen) atoms. The molecule has 2 heterocycles. The number of fused-ring (bicyclic) bond motifs is 1. The Balaban J connectivity index is 1.91. The quantitative estimate of drug-likeness (QED) is 0.946. The number of hydrogen-bond acceptors (Lipinski definition) is 4. The fourth-order valence-corrected chi connectivity index (χ4v) is 3.60. The zero-order valence-electron chi connectivity index (χ0n) is 12.1. The maximum Gasteiger partial charge on any atom is 0.312 e. The van der Waals surface area contributed by atoms with Crippen LogP contribution in [0.15, 0.2) is 29.6 Å². The first-order chi connectivity index (χ1) is 10.1. The average molecular weight is 302 g/mol. The molecule has 0 saturated heterocycles. The summed E-state index contributed by atoms with van der Waals surface area (Å²) in [6, 6.07) is 7.97. The molecule has 110 valence electrons. The predicted molar refractivity (Wildman–Crippen MR) is 82.5 cm³/mol. The van der Waals surface area contributed by atoms with Gasteiger partial charge in [0, 0.05) is 18.5 Å². The van der Waals surface area contributed by atoms with E-state index in [0.717, 1.165) is 28.4 Å². The summed E-state index contributed by atoms with van der Waals surface area (Å²) < 4.78 is 0. The molecule has 0 radical (unpaired) electrons. The second kappa shape index (κ2) is 5.58. The van der Waals surface area contributed by atoms with Gasteiger partial charge in [0.1, 0.15) is 0 Å². The summed E-state index contributed by atoms with van der Waals surface area (Å²) in [4.78, 5) is 18.3. The van der Waals surface area contributed by atoms with Gasteiger partial charge in [0.2, 0.25) is 0 Å². The van der Waals surface area contributed by atoms with Gasteiger partial charge in [-0.1, -0.05) is 24.3 Å². The van der Waals surface area contributed by atoms with Crippen molar-refractivity contribution in [3.63, 3.8) is 0 Å². The van der Waals surface area contributed by atoms with Gasteiger partial charge in [0.15, 0.2) is 0 Å². The van der Waals surface area contributed by atoms with Crippen LogP contribution < -0.4 is 0 Å². The second-order valence-corrected chi connectivity index (χ2v) is 6.55. The van der Waals surface area contributed by atoms with Crippen molar-refractivity contribution in [3.8, 4) is 0 Å². The van der Waals surface area contributed by atoms with Crippen molar-refractivity contribution < 1.29 is 9.90 Å². The van der Waals surface area contributed by atoms with E-state index in [1.54, 1.807) is 11.3 Å². The van der Waals surface area contributed by atoms with Crippen molar-refractivity contribution in [1.29, 1.82) is 0 Å². The Labute approximate surface area is 128 Å². The van der Waals surface area contributed by atoms with E-state index in [1.165, 1.54) is 0 Å². The Morgan fingerprint density at radius 3 is 2.90 bits per heavy atom. The van der Waals surface area contributed by atoms with E-state index in [9.17, 15) is 9.90 Å². The van der Waals surface area contributed by atoms with Crippen molar-refractivity contribution in [2.75, 3.05) is 6.54 Å². The Kier molecular flexibility index (Phi) is 3.78. The lowest BCUT2D eigenvalue weighted by Crippen LogP contribution is -2.38. The lowest BCUT2D eigenvalue weighted by atomic mass is 9.89. The highest BCUT2D eigenvalue weighted by Crippen LogP contribution is 2.33. The monoisotopic (exact) mass is 302 g/mol. The Bertz CT molecular complexity index is 668. The molecule has 0 saturated carbocycles. The largest absolute Gasteiger partial charge is 0.481 e. The lowest BCUT2D eigenvalue weighted by molar-refractivity contribution is -0.139. The molecule has 1 aliphatic heterocycles. The number of rotatable bonds is 3. The molecule has 1 aliphatic rings. The summed E-state index contributed by atoms with van der Waals surface area (Å²) >= 11 is 1.64. The SMILES string of the molecule is Cc1nc(C(C)N2Cc3ccccc3C(C(=O)O)C2)cs1. The van der Waals surface area contributed by atoms with Crippen LogP contribution in [0.3, 0.4) is 0 Å². The molecule has 0 aliphatic carbocycles. The smallest absolute Gasteiger partial charge is 0.312 e. The van der Waals surface area contributed by atoms with E-state index in [4.69, 9.17) is 0 Å². The number of nitrogens with zero attached hydrogens (tertiary/aromatic N) is 2. The van der Waals surface area contributed by atoms with Crippen molar-refractivity contribution >= 4 is 17.3 Å². The van der Waals surface area contributed by atoms with Crippen LogP contribution in [-0.4, -0.2) is 27.5 Å². The van der Waals surface area contributed by atoms with Crippen LogP contribution in [0, 0.1) is 6.92 Å². The molecule has 2 unspecified atom stereocenters. The van der Waals surface area contributed by atoms with E-state index in [1.807, 2.05) is 31.2 Å². The average Bonchev–Trinajstić information content (AvgIpc) is 2.91. The molecule has 0 amide bonds. The van der Waals surface area contributed by atoms with Gasteiger partial charge in [-0.05, 0) is 25.0 Å². The topological polar surface area (TPSA) is 53.4 Å². The van der Waals surface area contributed by atoms with Gasteiger partial charge in [-0.2, -0.15) is 0 Å². The number of aryl methyl sites for hydroxylation is 1. The molecule has 0 spiro atoms. The first kappa shape index (κ1) is 14.2. The van der Waals surface area contributed by atoms with E-state index >= 15 is 0 Å². The van der Waals surface area contributed by atoms with E-state index in [-0.39, 0.29) is 6.04 Å². The molecule has 0 bridgehead atoms. The summed E-state index contributed by atoms with van der Waals surface area (Å²) in [5, 5.41) is 12.6. The Hall–Kier alpha value is -1.72. The molecular formula is C16H18N2O2S. The minimum Gasteiger partial charge on any atom is -0.481 e. The first-order valence-corrected chi connectivity index (χ1v) is 7.91. The Morgan fingerprint density at radius 1 is 1.48 bits per heavy atom. The third-order valence-electron chi connectivity index (χ3n) is 4.13. The predicted octanol–water partition coefficient (Wildman–Crippen LogP) is 3.20. The number of carboxylic acids is 1. The van der Waals surface area contributed by atoms with Crippen LogP contribution in [0.2, 0.25) is 0 Å². The molecular weight excluding hydrogens is 284 g/mol. The molecule has 3 rings (SSSR count). The number of benzene rings is 1. The number of aromatic nitrogens is 1. The van der Waals surface area contributed by atoms with Crippen LogP contribution in [0.4, 0.5) is 0 Å². The van der Waals surface area contributed by atoms with E-state index in [2.05, 4.69) is 22.2 Å². The molecule has 1 aromatic heterocycles. The summed E-state index contributed by atoms with van der Waals surface area (Å²) in [5.41, 5.74) is 3.08. The van der Waals surface area contributed by atoms with Crippen LogP contribution in [0.1, 0.15) is 40.7 Å². The third-order valence-corrected chi connectivity index (χ3v) is 4.92. The Morgan fingerprint density at radius 2 is 2.24 bits per heavy atom. The third kappa shape index (κ3) is 2.71. The van der Waals surface area contributed by atoms with Crippen molar-refractivity contribution in [1.82, 2.24) is 9.88 Å². The molecule has 0 fully saturated rings. The minimum atomic E-state index is -0.756. The lowest BCUT2D eigenvalue weighted by Gasteiger charge is -2.36. The summed E-state index contributed by atoms with van der Waals surface area (Å²) in [6.07, 6.45) is 0. The summed E-state index contributed by atoms with van der Waals surface area (Å²) in [7, 11) is 0. The van der Waals surface area contributed by atoms with Gasteiger partial charge in [-0.25, -0.2) is 4.98 Å². The standard InChI is InChI=1S/C16H18N2O2S/c1-10(15-9-21-11(2)17-15)18-7-12-5-3-4-6-13(12)14(8-18)16(19)20/h3-6,9-10,14H,7-8H2,1-2H3,(H,19,20). The van der Waals surface area contributed by atoms with Crippen LogP contribution in [-0.2, 0) is 11.3 Å². The molecule has 5 heteroatoms. The van der Waals surface area contributed by atoms with Crippen molar-refractivity contribution in [2.45, 2.75) is 32.4 Å². The summed E-state index contributed by atoms with van der Waals surface area (Å²) in [6.45, 7) is 5.40. The fourth-order valence-electron chi connectivity index (χ4n) is 2.90. The summed E-state index contributed by atoms with van der Waals surface area (Å²) in [5.74, 6) is -1.22. The second-order valence-electron chi connectivity index (χ2n) is 5.49. The van der Waals surface area contributed by atoms with Crippen LogP contribution in [0.25, 0.3) is 0 Å². The van der Waals surface area contributed by atoms with Gasteiger partial charge >= 0.3 is 5.97 Å². The molecule has 4 nitrogen and oxygen atoms in total. The van der Waals surface area contributed by atoms with Gasteiger partial charge < -0.3 is 5.11 Å². The van der Waals surface area contributed by atoms with Crippen LogP contribution in [0.5, 0.6) is 0 Å². The highest BCUT2D eigenvalue weighted by Gasteiger charge is 2.32. The number of thiazole rings is 1. The van der Waals surface area contributed by atoms with E-state index in [0.29, 0.717) is 6.54 Å². The highest BCUT2D eigenvalue weighted by atomic mass is 32.1. The number of aliphatic carboxylic acids is 1. The van der Waals surface area contributed by atoms with Gasteiger partial charge in [-0.15, -0.1) is 11.3 Å². The highest BCUT2D eigenvalue weighted by molar-refractivity contribution is 7.09. The fraction of sp³-hybridized carbons (Fsp3) is 0.375. The van der Waals surface area contributed by atoms with Gasteiger partial charge in [0.25, 0.3) is 0 Å². The van der Waals surface area contributed by atoms with Gasteiger partial charge in [0.05, 0.1) is 22.7 Å². The number of carboxylic acid groups (broad SMARTS) is 1. The first-order valence-electron chi connectivity index (χ1n) is 7.03. The van der Waals surface area contributed by atoms with Crippen molar-refractivity contribution in [3.05, 3.63) is 51.5 Å². The maximum atomic E-state index is 11.6. The van der Waals surface area contributed by atoms with E-state index < -0.39 is 11.9 Å². The molecule has 2 aromatic rings. The molecule has 1 aromatic carbocycles. The zero-order chi connectivity index (χ0) is 15.0.